The van der Waals surface area contributed by atoms with Gasteiger partial charge in [0.25, 0.3) is 11.8 Å². The third kappa shape index (κ3) is 3.25. The van der Waals surface area contributed by atoms with Crippen molar-refractivity contribution in [1.82, 2.24) is 10.5 Å². The summed E-state index contributed by atoms with van der Waals surface area (Å²) >= 11 is 0. The van der Waals surface area contributed by atoms with Crippen molar-refractivity contribution in [2.45, 2.75) is 6.54 Å². The summed E-state index contributed by atoms with van der Waals surface area (Å²) in [4.78, 5) is 11.7. The Kier molecular flexibility index (Phi) is 4.02. The minimum atomic E-state index is -0.341. The average Bonchev–Trinajstić information content (AvgIpc) is 2.94. The highest BCUT2D eigenvalue weighted by molar-refractivity contribution is 5.91. The van der Waals surface area contributed by atoms with Gasteiger partial charge in [0, 0.05) is 6.54 Å². The molecule has 1 aromatic heterocycles. The molecule has 1 aromatic carbocycles. The minimum Gasteiger partial charge on any atom is -0.497 e. The summed E-state index contributed by atoms with van der Waals surface area (Å²) in [7, 11) is 3.06. The van der Waals surface area contributed by atoms with Crippen LogP contribution in [0.5, 0.6) is 11.6 Å². The molecule has 0 radical (unpaired) electrons. The van der Waals surface area contributed by atoms with Crippen LogP contribution in [0.4, 0.5) is 0 Å². The molecule has 2 aromatic rings. The van der Waals surface area contributed by atoms with Gasteiger partial charge in [0.2, 0.25) is 5.76 Å². The third-order valence-electron chi connectivity index (χ3n) is 2.53. The van der Waals surface area contributed by atoms with Crippen molar-refractivity contribution >= 4 is 5.91 Å². The van der Waals surface area contributed by atoms with Crippen LogP contribution in [0.3, 0.4) is 0 Å². The van der Waals surface area contributed by atoms with E-state index in [2.05, 4.69) is 10.5 Å². The maximum atomic E-state index is 11.7. The normalized spacial score (nSPS) is 10.0. The molecule has 6 nitrogen and oxygen atoms in total. The second-order valence-electron chi connectivity index (χ2n) is 3.76. The predicted molar refractivity (Wildman–Crippen MR) is 67.2 cm³/mol. The van der Waals surface area contributed by atoms with Crippen molar-refractivity contribution in [2.24, 2.45) is 0 Å². The van der Waals surface area contributed by atoms with E-state index < -0.39 is 0 Å². The number of carbonyl (C=O) groups excluding carboxylic acids is 1. The molecule has 0 saturated heterocycles. The Balaban J connectivity index is 1.92. The molecular formula is C13H14N2O4. The number of ether oxygens (including phenoxy) is 2. The number of aromatic nitrogens is 1. The lowest BCUT2D eigenvalue weighted by molar-refractivity contribution is 0.0913. The van der Waals surface area contributed by atoms with Crippen LogP contribution in [0.25, 0.3) is 0 Å². The quantitative estimate of drug-likeness (QED) is 0.886. The van der Waals surface area contributed by atoms with Gasteiger partial charge in [0.15, 0.2) is 0 Å². The van der Waals surface area contributed by atoms with Gasteiger partial charge in [-0.25, -0.2) is 0 Å². The summed E-state index contributed by atoms with van der Waals surface area (Å²) < 4.78 is 14.7. The topological polar surface area (TPSA) is 73.6 Å². The molecule has 0 unspecified atom stereocenters. The van der Waals surface area contributed by atoms with Gasteiger partial charge >= 0.3 is 0 Å². The van der Waals surface area contributed by atoms with Crippen LogP contribution in [0, 0.1) is 0 Å². The highest BCUT2D eigenvalue weighted by Crippen LogP contribution is 2.12. The summed E-state index contributed by atoms with van der Waals surface area (Å²) in [6.07, 6.45) is 0. The molecule has 1 heterocycles. The van der Waals surface area contributed by atoms with Crippen LogP contribution in [0.15, 0.2) is 34.9 Å². The fraction of sp³-hybridized carbons (Fsp3) is 0.231. The predicted octanol–water partition coefficient (Wildman–Crippen LogP) is 1.62. The van der Waals surface area contributed by atoms with Gasteiger partial charge in [-0.3, -0.25) is 4.79 Å². The van der Waals surface area contributed by atoms with Crippen LogP contribution < -0.4 is 14.8 Å². The smallest absolute Gasteiger partial charge is 0.290 e. The number of hydrogen-bond acceptors (Lipinski definition) is 5. The first kappa shape index (κ1) is 12.9. The van der Waals surface area contributed by atoms with Crippen LogP contribution in [0.1, 0.15) is 16.1 Å². The number of nitrogens with zero attached hydrogens (tertiary/aromatic N) is 1. The second-order valence-corrected chi connectivity index (χ2v) is 3.76. The first-order chi connectivity index (χ1) is 9.22. The van der Waals surface area contributed by atoms with Gasteiger partial charge in [-0.1, -0.05) is 12.1 Å². The molecule has 1 N–H and O–H groups in total. The number of hydrogen-bond donors (Lipinski definition) is 1. The van der Waals surface area contributed by atoms with Crippen molar-refractivity contribution in [1.29, 1.82) is 0 Å². The van der Waals surface area contributed by atoms with Gasteiger partial charge in [-0.05, 0) is 22.9 Å². The van der Waals surface area contributed by atoms with Gasteiger partial charge < -0.3 is 19.3 Å². The first-order valence-corrected chi connectivity index (χ1v) is 5.64. The molecule has 0 aliphatic heterocycles. The van der Waals surface area contributed by atoms with Crippen LogP contribution in [0.2, 0.25) is 0 Å². The molecule has 6 heteroatoms. The number of benzene rings is 1. The maximum Gasteiger partial charge on any atom is 0.290 e. The summed E-state index contributed by atoms with van der Waals surface area (Å²) in [6, 6.07) is 8.85. The minimum absolute atomic E-state index is 0.116. The highest BCUT2D eigenvalue weighted by Gasteiger charge is 2.12. The molecule has 0 spiro atoms. The van der Waals surface area contributed by atoms with Gasteiger partial charge in [0.05, 0.1) is 20.3 Å². The van der Waals surface area contributed by atoms with Crippen LogP contribution in [-0.2, 0) is 6.54 Å². The fourth-order valence-corrected chi connectivity index (χ4v) is 1.48. The van der Waals surface area contributed by atoms with E-state index in [9.17, 15) is 4.79 Å². The van der Waals surface area contributed by atoms with Gasteiger partial charge in [0.1, 0.15) is 5.75 Å². The first-order valence-electron chi connectivity index (χ1n) is 5.64. The molecule has 0 aliphatic carbocycles. The number of amides is 1. The Hall–Kier alpha value is -2.50. The molecule has 0 bridgehead atoms. The summed E-state index contributed by atoms with van der Waals surface area (Å²) in [5, 5.41) is 6.28. The zero-order chi connectivity index (χ0) is 13.7. The summed E-state index contributed by atoms with van der Waals surface area (Å²) in [5.74, 6) is 0.821. The Morgan fingerprint density at radius 1 is 1.26 bits per heavy atom. The van der Waals surface area contributed by atoms with E-state index in [4.69, 9.17) is 14.0 Å². The van der Waals surface area contributed by atoms with E-state index in [1.165, 1.54) is 13.2 Å². The Morgan fingerprint density at radius 2 is 2.00 bits per heavy atom. The fourth-order valence-electron chi connectivity index (χ4n) is 1.48. The van der Waals surface area contributed by atoms with Crippen LogP contribution >= 0.6 is 0 Å². The summed E-state index contributed by atoms with van der Waals surface area (Å²) in [6.45, 7) is 0.395. The average molecular weight is 262 g/mol. The van der Waals surface area contributed by atoms with E-state index in [0.29, 0.717) is 6.54 Å². The lowest BCUT2D eigenvalue weighted by Gasteiger charge is -2.04. The lowest BCUT2D eigenvalue weighted by Crippen LogP contribution is -2.22. The molecule has 0 aliphatic rings. The van der Waals surface area contributed by atoms with Crippen molar-refractivity contribution in [2.75, 3.05) is 14.2 Å². The number of rotatable bonds is 5. The molecule has 0 fully saturated rings. The Bertz CT molecular complexity index is 548. The SMILES string of the molecule is COc1ccc(CNC(=O)c2cc(OC)no2)cc1. The van der Waals surface area contributed by atoms with E-state index in [1.54, 1.807) is 7.11 Å². The number of carbonyl (C=O) groups is 1. The number of methoxy groups -OCH3 is 2. The van der Waals surface area contributed by atoms with Crippen LogP contribution in [-0.4, -0.2) is 25.3 Å². The van der Waals surface area contributed by atoms with E-state index in [-0.39, 0.29) is 17.5 Å². The zero-order valence-corrected chi connectivity index (χ0v) is 10.7. The maximum absolute atomic E-state index is 11.7. The van der Waals surface area contributed by atoms with Crippen molar-refractivity contribution in [3.8, 4) is 11.6 Å². The molecule has 100 valence electrons. The van der Waals surface area contributed by atoms with E-state index in [0.717, 1.165) is 11.3 Å². The Labute approximate surface area is 110 Å². The monoisotopic (exact) mass is 262 g/mol. The molecule has 19 heavy (non-hydrogen) atoms. The van der Waals surface area contributed by atoms with Gasteiger partial charge in [-0.2, -0.15) is 0 Å². The second kappa shape index (κ2) is 5.90. The Morgan fingerprint density at radius 3 is 2.58 bits per heavy atom. The zero-order valence-electron chi connectivity index (χ0n) is 10.7. The lowest BCUT2D eigenvalue weighted by atomic mass is 10.2. The molecule has 2 rings (SSSR count). The van der Waals surface area contributed by atoms with Crippen molar-refractivity contribution in [3.05, 3.63) is 41.7 Å². The molecule has 0 atom stereocenters. The molecule has 1 amide bonds. The van der Waals surface area contributed by atoms with Crippen molar-refractivity contribution < 1.29 is 18.8 Å². The standard InChI is InChI=1S/C13H14N2O4/c1-17-10-5-3-9(4-6-10)8-14-13(16)11-7-12(18-2)15-19-11/h3-7H,8H2,1-2H3,(H,14,16). The van der Waals surface area contributed by atoms with E-state index >= 15 is 0 Å². The van der Waals surface area contributed by atoms with Crippen molar-refractivity contribution in [3.63, 3.8) is 0 Å². The number of nitrogens with one attached hydrogen (secondary N) is 1. The third-order valence-corrected chi connectivity index (χ3v) is 2.53. The molecular weight excluding hydrogens is 248 g/mol. The molecule has 0 saturated carbocycles. The van der Waals surface area contributed by atoms with E-state index in [1.807, 2.05) is 24.3 Å². The van der Waals surface area contributed by atoms with Gasteiger partial charge in [-0.15, -0.1) is 0 Å². The largest absolute Gasteiger partial charge is 0.497 e. The summed E-state index contributed by atoms with van der Waals surface area (Å²) in [5.41, 5.74) is 0.959. The highest BCUT2D eigenvalue weighted by atomic mass is 16.5.